The Morgan fingerprint density at radius 1 is 0.897 bits per heavy atom. The Labute approximate surface area is 168 Å². The van der Waals surface area contributed by atoms with Crippen LogP contribution < -0.4 is 0 Å². The molecular weight excluding hydrogens is 368 g/mol. The SMILES string of the molecule is O=C(Cc1cnn(-c2ccccc2)c1)N1CCN(C(=O)c2ccccc2O)CC1. The van der Waals surface area contributed by atoms with E-state index in [1.807, 2.05) is 36.5 Å². The highest BCUT2D eigenvalue weighted by Crippen LogP contribution is 2.19. The van der Waals surface area contributed by atoms with Crippen molar-refractivity contribution in [3.63, 3.8) is 0 Å². The number of carbonyl (C=O) groups excluding carboxylic acids is 2. The number of aromatic nitrogens is 2. The molecule has 0 unspecified atom stereocenters. The smallest absolute Gasteiger partial charge is 0.257 e. The molecule has 3 aromatic rings. The summed E-state index contributed by atoms with van der Waals surface area (Å²) in [5.41, 5.74) is 2.09. The molecule has 0 spiro atoms. The number of aromatic hydroxyl groups is 1. The molecule has 0 atom stereocenters. The maximum atomic E-state index is 12.7. The van der Waals surface area contributed by atoms with E-state index in [0.29, 0.717) is 31.7 Å². The molecule has 29 heavy (non-hydrogen) atoms. The van der Waals surface area contributed by atoms with E-state index < -0.39 is 0 Å². The van der Waals surface area contributed by atoms with Gasteiger partial charge in [-0.3, -0.25) is 9.59 Å². The van der Waals surface area contributed by atoms with Gasteiger partial charge in [-0.1, -0.05) is 30.3 Å². The van der Waals surface area contributed by atoms with Gasteiger partial charge in [0.05, 0.1) is 23.9 Å². The van der Waals surface area contributed by atoms with E-state index in [4.69, 9.17) is 0 Å². The molecule has 1 aliphatic rings. The number of rotatable bonds is 4. The van der Waals surface area contributed by atoms with Gasteiger partial charge in [0.25, 0.3) is 5.91 Å². The minimum atomic E-state index is -0.209. The van der Waals surface area contributed by atoms with Crippen LogP contribution in [0, 0.1) is 0 Å². The van der Waals surface area contributed by atoms with Crippen molar-refractivity contribution in [1.29, 1.82) is 0 Å². The molecular formula is C22H22N4O3. The van der Waals surface area contributed by atoms with E-state index in [2.05, 4.69) is 5.10 Å². The van der Waals surface area contributed by atoms with Gasteiger partial charge in [-0.05, 0) is 29.8 Å². The zero-order valence-electron chi connectivity index (χ0n) is 15.9. The lowest BCUT2D eigenvalue weighted by atomic mass is 10.1. The highest BCUT2D eigenvalue weighted by Gasteiger charge is 2.26. The lowest BCUT2D eigenvalue weighted by Crippen LogP contribution is -2.51. The summed E-state index contributed by atoms with van der Waals surface area (Å²) < 4.78 is 1.76. The van der Waals surface area contributed by atoms with Crippen LogP contribution in [0.25, 0.3) is 5.69 Å². The predicted molar refractivity (Wildman–Crippen MR) is 108 cm³/mol. The summed E-state index contributed by atoms with van der Waals surface area (Å²) in [6.45, 7) is 1.85. The molecule has 1 N–H and O–H groups in total. The number of phenolic OH excluding ortho intramolecular Hbond substituents is 1. The number of benzene rings is 2. The molecule has 0 saturated carbocycles. The first-order valence-electron chi connectivity index (χ1n) is 9.56. The van der Waals surface area contributed by atoms with Gasteiger partial charge in [-0.2, -0.15) is 5.10 Å². The zero-order chi connectivity index (χ0) is 20.2. The lowest BCUT2D eigenvalue weighted by Gasteiger charge is -2.35. The Bertz CT molecular complexity index is 1010. The van der Waals surface area contributed by atoms with Crippen LogP contribution in [0.1, 0.15) is 15.9 Å². The maximum absolute atomic E-state index is 12.7. The van der Waals surface area contributed by atoms with Crippen molar-refractivity contribution >= 4 is 11.8 Å². The summed E-state index contributed by atoms with van der Waals surface area (Å²) in [6, 6.07) is 16.3. The fraction of sp³-hybridized carbons (Fsp3) is 0.227. The van der Waals surface area contributed by atoms with Crippen LogP contribution in [0.15, 0.2) is 67.0 Å². The molecule has 2 amide bonds. The largest absolute Gasteiger partial charge is 0.507 e. The Hall–Kier alpha value is -3.61. The van der Waals surface area contributed by atoms with Gasteiger partial charge in [0.2, 0.25) is 5.91 Å². The summed E-state index contributed by atoms with van der Waals surface area (Å²) in [7, 11) is 0. The Morgan fingerprint density at radius 2 is 1.55 bits per heavy atom. The van der Waals surface area contributed by atoms with Gasteiger partial charge in [0.15, 0.2) is 0 Å². The van der Waals surface area contributed by atoms with Crippen molar-refractivity contribution in [3.8, 4) is 11.4 Å². The van der Waals surface area contributed by atoms with Crippen LogP contribution in [0.4, 0.5) is 0 Å². The number of amides is 2. The van der Waals surface area contributed by atoms with Crippen LogP contribution in [0.3, 0.4) is 0 Å². The average molecular weight is 390 g/mol. The number of para-hydroxylation sites is 2. The minimum Gasteiger partial charge on any atom is -0.507 e. The molecule has 1 saturated heterocycles. The second-order valence-corrected chi connectivity index (χ2v) is 7.00. The summed E-state index contributed by atoms with van der Waals surface area (Å²) in [5.74, 6) is -0.210. The predicted octanol–water partition coefficient (Wildman–Crippen LogP) is 2.10. The van der Waals surface area contributed by atoms with Crippen LogP contribution in [-0.4, -0.2) is 62.7 Å². The molecule has 2 heterocycles. The molecule has 7 nitrogen and oxygen atoms in total. The second-order valence-electron chi connectivity index (χ2n) is 7.00. The molecule has 1 aromatic heterocycles. The van der Waals surface area contributed by atoms with Gasteiger partial charge >= 0.3 is 0 Å². The van der Waals surface area contributed by atoms with Crippen LogP contribution in [0.2, 0.25) is 0 Å². The molecule has 0 bridgehead atoms. The molecule has 0 aliphatic carbocycles. The highest BCUT2D eigenvalue weighted by atomic mass is 16.3. The third-order valence-corrected chi connectivity index (χ3v) is 5.07. The summed E-state index contributed by atoms with van der Waals surface area (Å²) >= 11 is 0. The number of carbonyl (C=O) groups is 2. The maximum Gasteiger partial charge on any atom is 0.257 e. The molecule has 1 aliphatic heterocycles. The topological polar surface area (TPSA) is 78.7 Å². The number of nitrogens with zero attached hydrogens (tertiary/aromatic N) is 4. The molecule has 1 fully saturated rings. The van der Waals surface area contributed by atoms with E-state index in [1.165, 1.54) is 6.07 Å². The Morgan fingerprint density at radius 3 is 2.28 bits per heavy atom. The standard InChI is InChI=1S/C22H22N4O3/c27-20-9-5-4-8-19(20)22(29)25-12-10-24(11-13-25)21(28)14-17-15-23-26(16-17)18-6-2-1-3-7-18/h1-9,15-16,27H,10-14H2. The quantitative estimate of drug-likeness (QED) is 0.740. The van der Waals surface area contributed by atoms with Gasteiger partial charge in [0.1, 0.15) is 5.75 Å². The molecule has 2 aromatic carbocycles. The molecule has 0 radical (unpaired) electrons. The minimum absolute atomic E-state index is 0.0206. The number of piperazine rings is 1. The Kier molecular flexibility index (Phi) is 5.29. The monoisotopic (exact) mass is 390 g/mol. The number of hydrogen-bond donors (Lipinski definition) is 1. The third-order valence-electron chi connectivity index (χ3n) is 5.07. The van der Waals surface area contributed by atoms with Crippen molar-refractivity contribution in [2.24, 2.45) is 0 Å². The molecule has 148 valence electrons. The van der Waals surface area contributed by atoms with Crippen molar-refractivity contribution in [3.05, 3.63) is 78.1 Å². The van der Waals surface area contributed by atoms with Gasteiger partial charge in [0, 0.05) is 32.4 Å². The van der Waals surface area contributed by atoms with Crippen LogP contribution in [-0.2, 0) is 11.2 Å². The zero-order valence-corrected chi connectivity index (χ0v) is 15.9. The van der Waals surface area contributed by atoms with E-state index in [1.54, 1.807) is 38.9 Å². The third kappa shape index (κ3) is 4.13. The van der Waals surface area contributed by atoms with Crippen molar-refractivity contribution in [2.75, 3.05) is 26.2 Å². The summed E-state index contributed by atoms with van der Waals surface area (Å²) in [6.07, 6.45) is 3.86. The fourth-order valence-corrected chi connectivity index (χ4v) is 3.44. The van der Waals surface area contributed by atoms with Crippen molar-refractivity contribution in [1.82, 2.24) is 19.6 Å². The Balaban J connectivity index is 1.33. The summed E-state index contributed by atoms with van der Waals surface area (Å²) in [5, 5.41) is 14.2. The summed E-state index contributed by atoms with van der Waals surface area (Å²) in [4.78, 5) is 28.7. The van der Waals surface area contributed by atoms with E-state index in [-0.39, 0.29) is 24.0 Å². The second kappa shape index (κ2) is 8.18. The van der Waals surface area contributed by atoms with E-state index in [0.717, 1.165) is 11.3 Å². The molecule has 4 rings (SSSR count). The van der Waals surface area contributed by atoms with Crippen LogP contribution in [0.5, 0.6) is 5.75 Å². The van der Waals surface area contributed by atoms with Gasteiger partial charge in [-0.15, -0.1) is 0 Å². The lowest BCUT2D eigenvalue weighted by molar-refractivity contribution is -0.131. The first kappa shape index (κ1) is 18.7. The number of hydrogen-bond acceptors (Lipinski definition) is 4. The van der Waals surface area contributed by atoms with Crippen LogP contribution >= 0.6 is 0 Å². The van der Waals surface area contributed by atoms with E-state index >= 15 is 0 Å². The fourth-order valence-electron chi connectivity index (χ4n) is 3.44. The number of phenols is 1. The molecule has 7 heteroatoms. The first-order chi connectivity index (χ1) is 14.1. The highest BCUT2D eigenvalue weighted by molar-refractivity contribution is 5.97. The normalized spacial score (nSPS) is 14.1. The van der Waals surface area contributed by atoms with Gasteiger partial charge in [-0.25, -0.2) is 4.68 Å². The van der Waals surface area contributed by atoms with Crippen molar-refractivity contribution < 1.29 is 14.7 Å². The van der Waals surface area contributed by atoms with E-state index in [9.17, 15) is 14.7 Å². The first-order valence-corrected chi connectivity index (χ1v) is 9.56. The van der Waals surface area contributed by atoms with Gasteiger partial charge < -0.3 is 14.9 Å². The average Bonchev–Trinajstić information content (AvgIpc) is 3.23. The van der Waals surface area contributed by atoms with Crippen molar-refractivity contribution in [2.45, 2.75) is 6.42 Å².